The highest BCUT2D eigenvalue weighted by molar-refractivity contribution is 9.10. The van der Waals surface area contributed by atoms with Gasteiger partial charge >= 0.3 is 5.97 Å². The summed E-state index contributed by atoms with van der Waals surface area (Å²) in [5.74, 6) is -0.150. The van der Waals surface area contributed by atoms with E-state index in [0.29, 0.717) is 37.2 Å². The molecule has 7 nitrogen and oxygen atoms in total. The van der Waals surface area contributed by atoms with Gasteiger partial charge in [0.1, 0.15) is 11.6 Å². The molecule has 218 valence electrons. The number of thiazole rings is 1. The van der Waals surface area contributed by atoms with Crippen LogP contribution < -0.4 is 19.6 Å². The number of allylic oxidation sites excluding steroid dienone is 1. The molecule has 2 aromatic heterocycles. The second-order valence-electron chi connectivity index (χ2n) is 9.95. The molecule has 0 bridgehead atoms. The molecule has 0 saturated heterocycles. The second kappa shape index (κ2) is 12.2. The molecule has 0 amide bonds. The quantitative estimate of drug-likeness (QED) is 0.223. The lowest BCUT2D eigenvalue weighted by molar-refractivity contribution is -0.139. The lowest BCUT2D eigenvalue weighted by Gasteiger charge is -2.26. The average molecular weight is 653 g/mol. The number of aromatic nitrogens is 2. The molecule has 1 aliphatic rings. The van der Waals surface area contributed by atoms with Crippen molar-refractivity contribution in [3.63, 3.8) is 0 Å². The summed E-state index contributed by atoms with van der Waals surface area (Å²) < 4.78 is 29.3. The van der Waals surface area contributed by atoms with Crippen molar-refractivity contribution in [2.24, 2.45) is 4.99 Å². The van der Waals surface area contributed by atoms with Gasteiger partial charge in [-0.15, -0.1) is 0 Å². The van der Waals surface area contributed by atoms with Gasteiger partial charge in [-0.2, -0.15) is 0 Å². The number of carbonyl (C=O) groups excluding carboxylic acids is 1. The van der Waals surface area contributed by atoms with Gasteiger partial charge in [0, 0.05) is 17.1 Å². The molecule has 1 unspecified atom stereocenters. The molecule has 1 aliphatic heterocycles. The van der Waals surface area contributed by atoms with Crippen molar-refractivity contribution in [2.45, 2.75) is 46.6 Å². The highest BCUT2D eigenvalue weighted by Crippen LogP contribution is 2.36. The van der Waals surface area contributed by atoms with Crippen molar-refractivity contribution in [3.05, 3.63) is 112 Å². The molecule has 2 aromatic carbocycles. The van der Waals surface area contributed by atoms with Crippen LogP contribution in [0.15, 0.2) is 74.1 Å². The van der Waals surface area contributed by atoms with Gasteiger partial charge in [-0.25, -0.2) is 14.2 Å². The Hall–Kier alpha value is -3.76. The van der Waals surface area contributed by atoms with Crippen molar-refractivity contribution in [3.8, 4) is 11.4 Å². The third-order valence-corrected chi connectivity index (χ3v) is 8.83. The molecule has 5 rings (SSSR count). The van der Waals surface area contributed by atoms with Crippen molar-refractivity contribution in [1.29, 1.82) is 0 Å². The summed E-state index contributed by atoms with van der Waals surface area (Å²) in [5.41, 5.74) is 5.04. The van der Waals surface area contributed by atoms with Gasteiger partial charge in [0.05, 0.1) is 40.0 Å². The molecule has 0 aliphatic carbocycles. The minimum atomic E-state index is -0.724. The van der Waals surface area contributed by atoms with Gasteiger partial charge in [-0.3, -0.25) is 9.36 Å². The van der Waals surface area contributed by atoms with E-state index in [4.69, 9.17) is 14.5 Å². The fourth-order valence-corrected chi connectivity index (χ4v) is 6.92. The summed E-state index contributed by atoms with van der Waals surface area (Å²) in [5, 5.41) is 0. The zero-order valence-electron chi connectivity index (χ0n) is 24.0. The first kappa shape index (κ1) is 29.7. The van der Waals surface area contributed by atoms with Crippen LogP contribution in [0.4, 0.5) is 4.39 Å². The van der Waals surface area contributed by atoms with Gasteiger partial charge in [-0.05, 0) is 103 Å². The van der Waals surface area contributed by atoms with E-state index >= 15 is 0 Å². The monoisotopic (exact) mass is 651 g/mol. The Morgan fingerprint density at radius 1 is 1.14 bits per heavy atom. The number of carbonyl (C=O) groups is 1. The third-order valence-electron chi connectivity index (χ3n) is 7.23. The molecule has 10 heteroatoms. The largest absolute Gasteiger partial charge is 0.496 e. The van der Waals surface area contributed by atoms with Gasteiger partial charge < -0.3 is 14.0 Å². The molecule has 42 heavy (non-hydrogen) atoms. The van der Waals surface area contributed by atoms with E-state index in [1.165, 1.54) is 23.5 Å². The van der Waals surface area contributed by atoms with E-state index in [9.17, 15) is 14.0 Å². The summed E-state index contributed by atoms with van der Waals surface area (Å²) in [7, 11) is 1.58. The van der Waals surface area contributed by atoms with Crippen LogP contribution in [-0.4, -0.2) is 28.8 Å². The molecule has 0 saturated carbocycles. The predicted octanol–water partition coefficient (Wildman–Crippen LogP) is 5.90. The summed E-state index contributed by atoms with van der Waals surface area (Å²) >= 11 is 4.85. The smallest absolute Gasteiger partial charge is 0.338 e. The Balaban J connectivity index is 1.73. The van der Waals surface area contributed by atoms with E-state index in [1.54, 1.807) is 30.7 Å². The predicted molar refractivity (Wildman–Crippen MR) is 166 cm³/mol. The number of hydrogen-bond donors (Lipinski definition) is 0. The van der Waals surface area contributed by atoms with Crippen LogP contribution in [0.2, 0.25) is 0 Å². The number of hydrogen-bond acceptors (Lipinski definition) is 6. The normalized spacial score (nSPS) is 15.0. The molecule has 1 atom stereocenters. The first-order chi connectivity index (χ1) is 20.2. The van der Waals surface area contributed by atoms with Crippen molar-refractivity contribution < 1.29 is 18.7 Å². The van der Waals surface area contributed by atoms with E-state index in [0.717, 1.165) is 34.6 Å². The lowest BCUT2D eigenvalue weighted by atomic mass is 9.94. The number of ether oxygens (including phenoxy) is 2. The highest BCUT2D eigenvalue weighted by Gasteiger charge is 2.34. The maximum atomic E-state index is 14.1. The number of nitrogens with zero attached hydrogens (tertiary/aromatic N) is 3. The number of rotatable bonds is 8. The molecule has 0 fully saturated rings. The SMILES string of the molecule is CCCC1=C(C(=O)OCC)C(c2ccc(OC)c(Br)c2)n2c(s/c(=C/c3cc(C)n(-c4ccc(F)cc4)c3C)c2=O)=N1. The first-order valence-corrected chi connectivity index (χ1v) is 15.3. The highest BCUT2D eigenvalue weighted by atomic mass is 79.9. The molecule has 0 radical (unpaired) electrons. The minimum Gasteiger partial charge on any atom is -0.496 e. The second-order valence-corrected chi connectivity index (χ2v) is 11.8. The minimum absolute atomic E-state index is 0.203. The summed E-state index contributed by atoms with van der Waals surface area (Å²) in [6, 6.07) is 13.1. The Labute approximate surface area is 255 Å². The van der Waals surface area contributed by atoms with Crippen molar-refractivity contribution in [1.82, 2.24) is 9.13 Å². The van der Waals surface area contributed by atoms with E-state index in [1.807, 2.05) is 55.7 Å². The Kier molecular flexibility index (Phi) is 8.65. The molecule has 4 aromatic rings. The number of aryl methyl sites for hydroxylation is 1. The van der Waals surface area contributed by atoms with E-state index < -0.39 is 12.0 Å². The van der Waals surface area contributed by atoms with Crippen LogP contribution in [0.25, 0.3) is 11.8 Å². The zero-order valence-corrected chi connectivity index (χ0v) is 26.4. The van der Waals surface area contributed by atoms with Crippen molar-refractivity contribution in [2.75, 3.05) is 13.7 Å². The van der Waals surface area contributed by atoms with Crippen LogP contribution in [-0.2, 0) is 9.53 Å². The van der Waals surface area contributed by atoms with Gasteiger partial charge in [0.25, 0.3) is 5.56 Å². The number of halogens is 2. The standard InChI is InChI=1S/C32H31BrFN3O4S/c1-6-8-25-28(31(39)41-7-2)29(20-9-14-26(40-5)24(33)16-20)37-30(38)27(42-32(37)35-25)17-21-15-18(3)36(19(21)4)23-12-10-22(34)11-13-23/h9-17,29H,6-8H2,1-5H3/b27-17+. The van der Waals surface area contributed by atoms with Gasteiger partial charge in [-0.1, -0.05) is 30.7 Å². The van der Waals surface area contributed by atoms with Crippen LogP contribution in [0, 0.1) is 19.7 Å². The number of benzene rings is 2. The first-order valence-electron chi connectivity index (χ1n) is 13.7. The van der Waals surface area contributed by atoms with Crippen LogP contribution in [0.3, 0.4) is 0 Å². The fourth-order valence-electron chi connectivity index (χ4n) is 5.35. The zero-order chi connectivity index (χ0) is 30.1. The molecular formula is C32H31BrFN3O4S. The fraction of sp³-hybridized carbons (Fsp3) is 0.281. The molecule has 3 heterocycles. The van der Waals surface area contributed by atoms with E-state index in [-0.39, 0.29) is 18.0 Å². The molecule has 0 N–H and O–H groups in total. The van der Waals surface area contributed by atoms with Gasteiger partial charge in [0.15, 0.2) is 4.80 Å². The van der Waals surface area contributed by atoms with Crippen molar-refractivity contribution >= 4 is 39.3 Å². The Morgan fingerprint density at radius 2 is 1.88 bits per heavy atom. The third kappa shape index (κ3) is 5.41. The van der Waals surface area contributed by atoms with Crippen LogP contribution in [0.5, 0.6) is 5.75 Å². The number of methoxy groups -OCH3 is 1. The maximum absolute atomic E-state index is 14.1. The van der Waals surface area contributed by atoms with Gasteiger partial charge in [0.2, 0.25) is 0 Å². The maximum Gasteiger partial charge on any atom is 0.338 e. The molecular weight excluding hydrogens is 621 g/mol. The summed E-state index contributed by atoms with van der Waals surface area (Å²) in [6.45, 7) is 7.93. The Morgan fingerprint density at radius 3 is 2.52 bits per heavy atom. The van der Waals surface area contributed by atoms with E-state index in [2.05, 4.69) is 15.9 Å². The summed E-state index contributed by atoms with van der Waals surface area (Å²) in [4.78, 5) is 32.9. The topological polar surface area (TPSA) is 74.8 Å². The van der Waals surface area contributed by atoms with Crippen LogP contribution >= 0.6 is 27.3 Å². The summed E-state index contributed by atoms with van der Waals surface area (Å²) in [6.07, 6.45) is 3.19. The number of esters is 1. The average Bonchev–Trinajstić information content (AvgIpc) is 3.42. The lowest BCUT2D eigenvalue weighted by Crippen LogP contribution is -2.40. The van der Waals surface area contributed by atoms with Crippen LogP contribution in [0.1, 0.15) is 55.2 Å². The number of fused-ring (bicyclic) bond motifs is 1. The Bertz CT molecular complexity index is 1890. The molecule has 0 spiro atoms.